The standard InChI is InChI=1S/C9H6Br2F2N2/c10-3-6-5(1-2-14)4-15-8(11)7(6)9(12)13/h4,9H,1,3H2. The van der Waals surface area contributed by atoms with E-state index in [1.807, 2.05) is 6.07 Å². The lowest BCUT2D eigenvalue weighted by Gasteiger charge is -2.11. The predicted molar refractivity (Wildman–Crippen MR) is 58.8 cm³/mol. The smallest absolute Gasteiger partial charge is 0.249 e. The van der Waals surface area contributed by atoms with E-state index in [0.717, 1.165) is 0 Å². The van der Waals surface area contributed by atoms with Crippen molar-refractivity contribution in [3.63, 3.8) is 0 Å². The van der Waals surface area contributed by atoms with Crippen LogP contribution in [-0.4, -0.2) is 4.98 Å². The number of alkyl halides is 3. The average Bonchev–Trinajstić information content (AvgIpc) is 2.19. The van der Waals surface area contributed by atoms with Crippen molar-refractivity contribution in [3.05, 3.63) is 27.5 Å². The Kier molecular flexibility index (Phi) is 4.61. The fourth-order valence-electron chi connectivity index (χ4n) is 1.20. The van der Waals surface area contributed by atoms with Crippen LogP contribution in [0.3, 0.4) is 0 Å². The van der Waals surface area contributed by atoms with Crippen LogP contribution < -0.4 is 0 Å². The van der Waals surface area contributed by atoms with Gasteiger partial charge in [0.25, 0.3) is 6.43 Å². The molecule has 0 unspecified atom stereocenters. The maximum atomic E-state index is 12.7. The topological polar surface area (TPSA) is 36.7 Å². The van der Waals surface area contributed by atoms with Gasteiger partial charge in [0.05, 0.1) is 18.1 Å². The molecule has 1 heterocycles. The number of rotatable bonds is 3. The van der Waals surface area contributed by atoms with Gasteiger partial charge in [0.15, 0.2) is 0 Å². The fraction of sp³-hybridized carbons (Fsp3) is 0.333. The number of pyridine rings is 1. The van der Waals surface area contributed by atoms with Gasteiger partial charge >= 0.3 is 0 Å². The maximum absolute atomic E-state index is 12.7. The summed E-state index contributed by atoms with van der Waals surface area (Å²) in [7, 11) is 0. The first-order chi connectivity index (χ1) is 7.11. The molecule has 0 fully saturated rings. The van der Waals surface area contributed by atoms with Crippen LogP contribution in [0.2, 0.25) is 0 Å². The largest absolute Gasteiger partial charge is 0.266 e. The Morgan fingerprint density at radius 3 is 2.67 bits per heavy atom. The van der Waals surface area contributed by atoms with E-state index in [2.05, 4.69) is 36.8 Å². The number of nitrogens with zero attached hydrogens (tertiary/aromatic N) is 2. The van der Waals surface area contributed by atoms with Crippen molar-refractivity contribution in [1.29, 1.82) is 5.26 Å². The second kappa shape index (κ2) is 5.52. The van der Waals surface area contributed by atoms with E-state index in [1.54, 1.807) is 0 Å². The number of hydrogen-bond acceptors (Lipinski definition) is 2. The molecule has 0 aliphatic heterocycles. The van der Waals surface area contributed by atoms with Crippen molar-refractivity contribution in [1.82, 2.24) is 4.98 Å². The molecule has 0 N–H and O–H groups in total. The molecule has 80 valence electrons. The maximum Gasteiger partial charge on any atom is 0.266 e. The van der Waals surface area contributed by atoms with E-state index in [1.165, 1.54) is 6.20 Å². The summed E-state index contributed by atoms with van der Waals surface area (Å²) >= 11 is 6.12. The van der Waals surface area contributed by atoms with Gasteiger partial charge in [-0.05, 0) is 27.1 Å². The first-order valence-electron chi connectivity index (χ1n) is 3.99. The first-order valence-corrected chi connectivity index (χ1v) is 5.90. The van der Waals surface area contributed by atoms with E-state index < -0.39 is 6.43 Å². The lowest BCUT2D eigenvalue weighted by molar-refractivity contribution is 0.149. The minimum Gasteiger partial charge on any atom is -0.249 e. The lowest BCUT2D eigenvalue weighted by atomic mass is 10.0. The summed E-state index contributed by atoms with van der Waals surface area (Å²) in [4.78, 5) is 3.79. The third-order valence-electron chi connectivity index (χ3n) is 1.89. The number of aromatic nitrogens is 1. The van der Waals surface area contributed by atoms with Crippen molar-refractivity contribution < 1.29 is 8.78 Å². The molecule has 1 aromatic heterocycles. The monoisotopic (exact) mass is 338 g/mol. The van der Waals surface area contributed by atoms with Crippen molar-refractivity contribution in [2.75, 3.05) is 0 Å². The van der Waals surface area contributed by atoms with Crippen LogP contribution in [0.5, 0.6) is 0 Å². The second-order valence-corrected chi connectivity index (χ2v) is 4.05. The molecule has 0 atom stereocenters. The summed E-state index contributed by atoms with van der Waals surface area (Å²) in [6.07, 6.45) is -1.07. The summed E-state index contributed by atoms with van der Waals surface area (Å²) in [5.41, 5.74) is 0.834. The third kappa shape index (κ3) is 2.73. The van der Waals surface area contributed by atoms with E-state index in [0.29, 0.717) is 11.1 Å². The van der Waals surface area contributed by atoms with Crippen LogP contribution in [0.1, 0.15) is 23.1 Å². The van der Waals surface area contributed by atoms with Crippen LogP contribution >= 0.6 is 31.9 Å². The zero-order valence-electron chi connectivity index (χ0n) is 7.48. The first kappa shape index (κ1) is 12.5. The molecule has 0 aromatic carbocycles. The highest BCUT2D eigenvalue weighted by Gasteiger charge is 2.20. The Hall–Kier alpha value is -0.540. The molecule has 0 amide bonds. The van der Waals surface area contributed by atoms with Gasteiger partial charge in [-0.15, -0.1) is 0 Å². The Morgan fingerprint density at radius 2 is 2.20 bits per heavy atom. The summed E-state index contributed by atoms with van der Waals surface area (Å²) in [5.74, 6) is 0. The molecule has 0 radical (unpaired) electrons. The van der Waals surface area contributed by atoms with Crippen molar-refractivity contribution >= 4 is 31.9 Å². The predicted octanol–water partition coefficient (Wildman–Crippen LogP) is 3.74. The Bertz CT molecular complexity index is 402. The van der Waals surface area contributed by atoms with E-state index >= 15 is 0 Å². The van der Waals surface area contributed by atoms with Gasteiger partial charge < -0.3 is 0 Å². The number of hydrogen-bond donors (Lipinski definition) is 0. The molecule has 15 heavy (non-hydrogen) atoms. The van der Waals surface area contributed by atoms with E-state index in [-0.39, 0.29) is 21.9 Å². The van der Waals surface area contributed by atoms with Crippen LogP contribution in [0.25, 0.3) is 0 Å². The summed E-state index contributed by atoms with van der Waals surface area (Å²) in [6.45, 7) is 0. The van der Waals surface area contributed by atoms with Crippen LogP contribution in [0, 0.1) is 11.3 Å². The molecule has 1 rings (SSSR count). The normalized spacial score (nSPS) is 10.4. The minimum atomic E-state index is -2.60. The Labute approximate surface area is 103 Å². The highest BCUT2D eigenvalue weighted by molar-refractivity contribution is 9.10. The molecule has 6 heteroatoms. The van der Waals surface area contributed by atoms with Crippen molar-refractivity contribution in [2.45, 2.75) is 18.2 Å². The number of halogens is 4. The zero-order valence-corrected chi connectivity index (χ0v) is 10.6. The molecule has 0 saturated heterocycles. The third-order valence-corrected chi connectivity index (χ3v) is 3.08. The minimum absolute atomic E-state index is 0.0843. The van der Waals surface area contributed by atoms with Crippen LogP contribution in [0.4, 0.5) is 8.78 Å². The van der Waals surface area contributed by atoms with Gasteiger partial charge in [-0.1, -0.05) is 15.9 Å². The van der Waals surface area contributed by atoms with Gasteiger partial charge in [-0.2, -0.15) is 5.26 Å². The quantitative estimate of drug-likeness (QED) is 0.621. The van der Waals surface area contributed by atoms with Crippen LogP contribution in [0.15, 0.2) is 10.8 Å². The Balaban J connectivity index is 3.34. The average molecular weight is 340 g/mol. The van der Waals surface area contributed by atoms with Gasteiger partial charge in [0.2, 0.25) is 0 Å². The van der Waals surface area contributed by atoms with Gasteiger partial charge in [-0.3, -0.25) is 0 Å². The van der Waals surface area contributed by atoms with E-state index in [9.17, 15) is 8.78 Å². The molecule has 1 aromatic rings. The van der Waals surface area contributed by atoms with E-state index in [4.69, 9.17) is 5.26 Å². The molecule has 0 spiro atoms. The highest BCUT2D eigenvalue weighted by Crippen LogP contribution is 2.32. The summed E-state index contributed by atoms with van der Waals surface area (Å²) in [6, 6.07) is 1.92. The molecule has 0 bridgehead atoms. The molecular weight excluding hydrogens is 334 g/mol. The number of nitriles is 1. The SMILES string of the molecule is N#CCc1cnc(Br)c(C(F)F)c1CBr. The van der Waals surface area contributed by atoms with Crippen molar-refractivity contribution in [3.8, 4) is 6.07 Å². The fourth-order valence-corrected chi connectivity index (χ4v) is 2.37. The molecule has 0 saturated carbocycles. The van der Waals surface area contributed by atoms with Gasteiger partial charge in [0, 0.05) is 11.5 Å². The summed E-state index contributed by atoms with van der Waals surface area (Å²) < 4.78 is 25.6. The highest BCUT2D eigenvalue weighted by atomic mass is 79.9. The Morgan fingerprint density at radius 1 is 1.53 bits per heavy atom. The zero-order chi connectivity index (χ0) is 11.4. The van der Waals surface area contributed by atoms with Gasteiger partial charge in [0.1, 0.15) is 4.60 Å². The molecule has 0 aliphatic carbocycles. The summed E-state index contributed by atoms with van der Waals surface area (Å²) in [5, 5.41) is 8.83. The molecule has 2 nitrogen and oxygen atoms in total. The second-order valence-electron chi connectivity index (χ2n) is 2.74. The van der Waals surface area contributed by atoms with Crippen molar-refractivity contribution in [2.24, 2.45) is 0 Å². The van der Waals surface area contributed by atoms with Gasteiger partial charge in [-0.25, -0.2) is 13.8 Å². The lowest BCUT2D eigenvalue weighted by Crippen LogP contribution is -2.01. The molecular formula is C9H6Br2F2N2. The van der Waals surface area contributed by atoms with Crippen LogP contribution in [-0.2, 0) is 11.8 Å². The molecule has 0 aliphatic rings.